The van der Waals surface area contributed by atoms with Crippen molar-refractivity contribution in [1.82, 2.24) is 9.99 Å². The summed E-state index contributed by atoms with van der Waals surface area (Å²) >= 11 is 0. The van der Waals surface area contributed by atoms with E-state index in [2.05, 4.69) is 15.0 Å². The molecule has 0 aliphatic rings. The number of benzene rings is 1. The number of hydrogen-bond acceptors (Lipinski definition) is 7. The van der Waals surface area contributed by atoms with Crippen LogP contribution < -0.4 is 4.83 Å². The van der Waals surface area contributed by atoms with Gasteiger partial charge < -0.3 is 9.26 Å². The molecule has 1 heterocycles. The van der Waals surface area contributed by atoms with Gasteiger partial charge in [-0.05, 0) is 32.0 Å². The Morgan fingerprint density at radius 2 is 1.65 bits per heavy atom. The van der Waals surface area contributed by atoms with Crippen molar-refractivity contribution in [2.45, 2.75) is 31.1 Å². The third-order valence-corrected chi connectivity index (χ3v) is 4.74. The SMILES string of the molecule is CCOC(=O)c1cc(C(C)=NNS(=O)(=O)c2cc(C(F)(F)F)cc(C(F)(F)F)c2)on1. The molecule has 0 unspecified atom stereocenters. The van der Waals surface area contributed by atoms with Crippen LogP contribution in [0, 0.1) is 0 Å². The van der Waals surface area contributed by atoms with E-state index in [0.29, 0.717) is 0 Å². The lowest BCUT2D eigenvalue weighted by Crippen LogP contribution is -2.22. The molecule has 31 heavy (non-hydrogen) atoms. The molecule has 8 nitrogen and oxygen atoms in total. The summed E-state index contributed by atoms with van der Waals surface area (Å²) in [5.41, 5.74) is -4.10. The van der Waals surface area contributed by atoms with Crippen LogP contribution >= 0.6 is 0 Å². The highest BCUT2D eigenvalue weighted by atomic mass is 32.2. The fraction of sp³-hybridized carbons (Fsp3) is 0.312. The lowest BCUT2D eigenvalue weighted by Gasteiger charge is -2.14. The Morgan fingerprint density at radius 1 is 1.10 bits per heavy atom. The van der Waals surface area contributed by atoms with E-state index in [9.17, 15) is 39.6 Å². The van der Waals surface area contributed by atoms with Gasteiger partial charge in [-0.3, -0.25) is 0 Å². The number of carbonyl (C=O) groups excluding carboxylic acids is 1. The van der Waals surface area contributed by atoms with Crippen LogP contribution in [0.4, 0.5) is 26.3 Å². The number of ether oxygens (including phenoxy) is 1. The Morgan fingerprint density at radius 3 is 2.13 bits per heavy atom. The number of nitrogens with one attached hydrogen (secondary N) is 1. The van der Waals surface area contributed by atoms with Crippen molar-refractivity contribution in [3.05, 3.63) is 46.8 Å². The standard InChI is InChI=1S/C16H13F6N3O5S/c1-3-29-14(26)12-7-13(30-24-12)8(2)23-25-31(27,28)11-5-9(15(17,18)19)4-10(6-11)16(20,21)22/h4-7,25H,3H2,1-2H3. The second-order valence-electron chi connectivity index (χ2n) is 5.83. The van der Waals surface area contributed by atoms with Gasteiger partial charge in [0.05, 0.1) is 22.6 Å². The van der Waals surface area contributed by atoms with Crippen LogP contribution in [-0.4, -0.2) is 31.9 Å². The molecular weight excluding hydrogens is 460 g/mol. The molecule has 2 aromatic rings. The first-order chi connectivity index (χ1) is 14.1. The van der Waals surface area contributed by atoms with Gasteiger partial charge in [0.2, 0.25) is 0 Å². The second kappa shape index (κ2) is 8.56. The molecule has 170 valence electrons. The molecule has 0 amide bonds. The maximum absolute atomic E-state index is 12.9. The monoisotopic (exact) mass is 473 g/mol. The van der Waals surface area contributed by atoms with Crippen LogP contribution in [0.1, 0.15) is 41.2 Å². The van der Waals surface area contributed by atoms with E-state index in [-0.39, 0.29) is 42.0 Å². The van der Waals surface area contributed by atoms with Crippen LogP contribution in [0.15, 0.2) is 38.8 Å². The van der Waals surface area contributed by atoms with Crippen LogP contribution in [0.3, 0.4) is 0 Å². The first-order valence-electron chi connectivity index (χ1n) is 8.15. The predicted molar refractivity (Wildman–Crippen MR) is 91.4 cm³/mol. The third-order valence-electron chi connectivity index (χ3n) is 3.56. The highest BCUT2D eigenvalue weighted by Gasteiger charge is 2.38. The molecule has 1 N–H and O–H groups in total. The van der Waals surface area contributed by atoms with Gasteiger partial charge in [-0.25, -0.2) is 4.79 Å². The third kappa shape index (κ3) is 5.96. The van der Waals surface area contributed by atoms with Gasteiger partial charge in [-0.1, -0.05) is 5.16 Å². The van der Waals surface area contributed by atoms with Crippen LogP contribution in [-0.2, 0) is 27.1 Å². The van der Waals surface area contributed by atoms with Crippen molar-refractivity contribution in [3.63, 3.8) is 0 Å². The largest absolute Gasteiger partial charge is 0.461 e. The number of aromatic nitrogens is 1. The van der Waals surface area contributed by atoms with Crippen LogP contribution in [0.2, 0.25) is 0 Å². The van der Waals surface area contributed by atoms with E-state index >= 15 is 0 Å². The second-order valence-corrected chi connectivity index (χ2v) is 7.49. The van der Waals surface area contributed by atoms with E-state index < -0.39 is 44.4 Å². The number of esters is 1. The Kier molecular flexibility index (Phi) is 6.68. The molecular formula is C16H13F6N3O5S. The summed E-state index contributed by atoms with van der Waals surface area (Å²) in [5, 5.41) is 6.75. The Bertz CT molecular complexity index is 1070. The van der Waals surface area contributed by atoms with E-state index in [1.807, 2.05) is 0 Å². The Balaban J connectivity index is 2.36. The van der Waals surface area contributed by atoms with Crippen molar-refractivity contribution in [3.8, 4) is 0 Å². The number of carbonyl (C=O) groups is 1. The molecule has 0 saturated carbocycles. The summed E-state index contributed by atoms with van der Waals surface area (Å²) in [7, 11) is -4.94. The summed E-state index contributed by atoms with van der Waals surface area (Å²) in [4.78, 5) is 11.7. The average molecular weight is 473 g/mol. The zero-order chi connectivity index (χ0) is 23.6. The topological polar surface area (TPSA) is 111 Å². The number of halogens is 6. The zero-order valence-corrected chi connectivity index (χ0v) is 16.4. The van der Waals surface area contributed by atoms with Gasteiger partial charge in [0.15, 0.2) is 11.5 Å². The fourth-order valence-electron chi connectivity index (χ4n) is 2.06. The molecule has 0 radical (unpaired) electrons. The molecule has 15 heteroatoms. The van der Waals surface area contributed by atoms with Crippen molar-refractivity contribution >= 4 is 21.7 Å². The normalized spacial score (nSPS) is 13.2. The predicted octanol–water partition coefficient (Wildman–Crippen LogP) is 3.59. The van der Waals surface area contributed by atoms with E-state index in [1.54, 1.807) is 6.92 Å². The molecule has 0 aliphatic heterocycles. The van der Waals surface area contributed by atoms with Crippen molar-refractivity contribution in [2.75, 3.05) is 6.61 Å². The van der Waals surface area contributed by atoms with Crippen molar-refractivity contribution in [1.29, 1.82) is 0 Å². The van der Waals surface area contributed by atoms with Gasteiger partial charge in [0.1, 0.15) is 5.71 Å². The molecule has 0 bridgehead atoms. The molecule has 0 spiro atoms. The number of sulfonamides is 1. The van der Waals surface area contributed by atoms with Crippen LogP contribution in [0.5, 0.6) is 0 Å². The zero-order valence-electron chi connectivity index (χ0n) is 15.6. The Labute approximate surface area is 170 Å². The quantitative estimate of drug-likeness (QED) is 0.297. The molecule has 1 aromatic carbocycles. The average Bonchev–Trinajstić information content (AvgIpc) is 3.15. The van der Waals surface area contributed by atoms with Crippen LogP contribution in [0.25, 0.3) is 0 Å². The minimum absolute atomic E-state index is 0.0374. The summed E-state index contributed by atoms with van der Waals surface area (Å²) < 4.78 is 111. The minimum atomic E-state index is -5.23. The van der Waals surface area contributed by atoms with Gasteiger partial charge in [0.25, 0.3) is 10.0 Å². The number of alkyl halides is 6. The maximum atomic E-state index is 12.9. The van der Waals surface area contributed by atoms with Gasteiger partial charge in [-0.15, -0.1) is 0 Å². The van der Waals surface area contributed by atoms with E-state index in [0.717, 1.165) is 6.07 Å². The van der Waals surface area contributed by atoms with E-state index in [4.69, 9.17) is 4.52 Å². The number of hydrazone groups is 1. The number of rotatable bonds is 6. The summed E-state index contributed by atoms with van der Waals surface area (Å²) in [6, 6.07) is 0.918. The highest BCUT2D eigenvalue weighted by Crippen LogP contribution is 2.37. The van der Waals surface area contributed by atoms with Gasteiger partial charge in [-0.2, -0.15) is 44.7 Å². The van der Waals surface area contributed by atoms with Crippen molar-refractivity contribution < 1.29 is 48.8 Å². The van der Waals surface area contributed by atoms with Gasteiger partial charge in [0, 0.05) is 6.07 Å². The lowest BCUT2D eigenvalue weighted by molar-refractivity contribution is -0.143. The van der Waals surface area contributed by atoms with Crippen molar-refractivity contribution in [2.24, 2.45) is 5.10 Å². The molecule has 2 rings (SSSR count). The summed E-state index contributed by atoms with van der Waals surface area (Å²) in [5.74, 6) is -1.04. The minimum Gasteiger partial charge on any atom is -0.461 e. The Hall–Kier alpha value is -3.10. The smallest absolute Gasteiger partial charge is 0.416 e. The summed E-state index contributed by atoms with van der Waals surface area (Å²) in [6.45, 7) is 2.77. The molecule has 0 aliphatic carbocycles. The lowest BCUT2D eigenvalue weighted by atomic mass is 10.1. The molecule has 0 fully saturated rings. The number of nitrogens with zero attached hydrogens (tertiary/aromatic N) is 2. The first kappa shape index (κ1) is 24.2. The molecule has 1 aromatic heterocycles. The molecule has 0 saturated heterocycles. The highest BCUT2D eigenvalue weighted by molar-refractivity contribution is 7.89. The van der Waals surface area contributed by atoms with Gasteiger partial charge >= 0.3 is 18.3 Å². The van der Waals surface area contributed by atoms with E-state index in [1.165, 1.54) is 11.8 Å². The fourth-order valence-corrected chi connectivity index (χ4v) is 2.99. The molecule has 0 atom stereocenters. The number of hydrogen-bond donors (Lipinski definition) is 1. The first-order valence-corrected chi connectivity index (χ1v) is 9.63. The maximum Gasteiger partial charge on any atom is 0.416 e. The summed E-state index contributed by atoms with van der Waals surface area (Å²) in [6.07, 6.45) is -10.5.